The lowest BCUT2D eigenvalue weighted by Crippen LogP contribution is -2.29. The molecule has 0 amide bonds. The predicted octanol–water partition coefficient (Wildman–Crippen LogP) is 6.47. The number of halogens is 3. The lowest BCUT2D eigenvalue weighted by atomic mass is 9.89. The maximum Gasteiger partial charge on any atom is 0.345 e. The van der Waals surface area contributed by atoms with Crippen LogP contribution in [-0.4, -0.2) is 38.0 Å². The highest BCUT2D eigenvalue weighted by Gasteiger charge is 2.28. The molecule has 0 unspecified atom stereocenters. The molecule has 9 heteroatoms. The SMILES string of the molecule is Cc1cc(OS(=O)(=O)c2c(F)cccc2F)cc2c(C3CCN(C)CC3)cn(CCc3ccccc3)c12.Cl. The van der Waals surface area contributed by atoms with Gasteiger partial charge in [0.2, 0.25) is 0 Å². The van der Waals surface area contributed by atoms with Gasteiger partial charge in [0.25, 0.3) is 0 Å². The van der Waals surface area contributed by atoms with E-state index in [4.69, 9.17) is 4.18 Å². The molecule has 1 saturated heterocycles. The molecule has 2 heterocycles. The van der Waals surface area contributed by atoms with Crippen LogP contribution in [0.3, 0.4) is 0 Å². The normalized spacial score (nSPS) is 14.9. The fourth-order valence-electron chi connectivity index (χ4n) is 5.30. The Morgan fingerprint density at radius 1 is 0.974 bits per heavy atom. The van der Waals surface area contributed by atoms with Crippen LogP contribution in [0.15, 0.2) is 71.8 Å². The van der Waals surface area contributed by atoms with Gasteiger partial charge in [-0.1, -0.05) is 36.4 Å². The van der Waals surface area contributed by atoms with Crippen molar-refractivity contribution in [3.63, 3.8) is 0 Å². The molecule has 0 atom stereocenters. The third kappa shape index (κ3) is 5.72. The van der Waals surface area contributed by atoms with E-state index in [0.717, 1.165) is 79.1 Å². The molecule has 1 aliphatic rings. The van der Waals surface area contributed by atoms with Crippen molar-refractivity contribution in [2.24, 2.45) is 0 Å². The standard InChI is InChI=1S/C29H30F2N2O3S.ClH/c1-20-17-23(36-37(34,35)29-26(30)9-6-10-27(29)31)18-24-25(22-12-14-32(2)15-13-22)19-33(28(20)24)16-11-21-7-4-3-5-8-21;/h3-10,17-19,22H,11-16H2,1-2H3;1H. The number of aryl methyl sites for hydroxylation is 3. The van der Waals surface area contributed by atoms with Gasteiger partial charge in [0.05, 0.1) is 5.52 Å². The molecule has 0 N–H and O–H groups in total. The van der Waals surface area contributed by atoms with E-state index in [-0.39, 0.29) is 18.2 Å². The van der Waals surface area contributed by atoms with Gasteiger partial charge in [-0.15, -0.1) is 12.4 Å². The van der Waals surface area contributed by atoms with Crippen LogP contribution in [0.25, 0.3) is 10.9 Å². The second kappa shape index (κ2) is 11.4. The largest absolute Gasteiger partial charge is 0.379 e. The maximum atomic E-state index is 14.2. The summed E-state index contributed by atoms with van der Waals surface area (Å²) in [5.74, 6) is -2.00. The first kappa shape index (κ1) is 28.1. The fraction of sp³-hybridized carbons (Fsp3) is 0.310. The molecule has 1 fully saturated rings. The third-order valence-electron chi connectivity index (χ3n) is 7.18. The number of hydrogen-bond donors (Lipinski definition) is 0. The molecule has 3 aromatic carbocycles. The van der Waals surface area contributed by atoms with Crippen molar-refractivity contribution in [3.8, 4) is 5.75 Å². The summed E-state index contributed by atoms with van der Waals surface area (Å²) in [7, 11) is -2.59. The van der Waals surface area contributed by atoms with Gasteiger partial charge in [-0.25, -0.2) is 8.78 Å². The summed E-state index contributed by atoms with van der Waals surface area (Å²) in [6.45, 7) is 4.64. The zero-order valence-corrected chi connectivity index (χ0v) is 23.0. The molecule has 1 aromatic heterocycles. The minimum absolute atomic E-state index is 0. The van der Waals surface area contributed by atoms with E-state index < -0.39 is 26.6 Å². The van der Waals surface area contributed by atoms with Gasteiger partial charge in [0, 0.05) is 18.1 Å². The van der Waals surface area contributed by atoms with E-state index in [1.807, 2.05) is 25.1 Å². The van der Waals surface area contributed by atoms with Crippen molar-refractivity contribution in [1.29, 1.82) is 0 Å². The van der Waals surface area contributed by atoms with E-state index >= 15 is 0 Å². The van der Waals surface area contributed by atoms with Gasteiger partial charge >= 0.3 is 10.1 Å². The predicted molar refractivity (Wildman–Crippen MR) is 148 cm³/mol. The van der Waals surface area contributed by atoms with Gasteiger partial charge in [0.15, 0.2) is 4.90 Å². The van der Waals surface area contributed by atoms with Crippen LogP contribution in [0, 0.1) is 18.6 Å². The summed E-state index contributed by atoms with van der Waals surface area (Å²) in [6.07, 6.45) is 5.04. The summed E-state index contributed by atoms with van der Waals surface area (Å²) >= 11 is 0. The first-order valence-corrected chi connectivity index (χ1v) is 13.9. The van der Waals surface area contributed by atoms with Crippen LogP contribution in [0.1, 0.15) is 35.4 Å². The number of fused-ring (bicyclic) bond motifs is 1. The molecule has 0 saturated carbocycles. The Morgan fingerprint density at radius 2 is 1.63 bits per heavy atom. The van der Waals surface area contributed by atoms with Gasteiger partial charge in [-0.2, -0.15) is 8.42 Å². The van der Waals surface area contributed by atoms with Crippen molar-refractivity contribution in [2.75, 3.05) is 20.1 Å². The summed E-state index contributed by atoms with van der Waals surface area (Å²) in [5, 5.41) is 0.918. The van der Waals surface area contributed by atoms with Crippen molar-refractivity contribution in [1.82, 2.24) is 9.47 Å². The van der Waals surface area contributed by atoms with E-state index in [1.54, 1.807) is 12.1 Å². The highest BCUT2D eigenvalue weighted by molar-refractivity contribution is 7.87. The molecular formula is C29H31ClF2N2O3S. The summed E-state index contributed by atoms with van der Waals surface area (Å²) in [5.41, 5.74) is 4.25. The number of likely N-dealkylation sites (tertiary alicyclic amines) is 1. The van der Waals surface area contributed by atoms with Crippen LogP contribution in [-0.2, 0) is 23.1 Å². The Bertz CT molecular complexity index is 1510. The molecule has 38 heavy (non-hydrogen) atoms. The van der Waals surface area contributed by atoms with Crippen LogP contribution >= 0.6 is 12.4 Å². The zero-order valence-electron chi connectivity index (χ0n) is 21.4. The molecule has 0 aliphatic carbocycles. The Labute approximate surface area is 228 Å². The van der Waals surface area contributed by atoms with Crippen LogP contribution in [0.4, 0.5) is 8.78 Å². The molecule has 4 aromatic rings. The van der Waals surface area contributed by atoms with Crippen LogP contribution < -0.4 is 4.18 Å². The smallest absolute Gasteiger partial charge is 0.345 e. The summed E-state index contributed by atoms with van der Waals surface area (Å²) in [6, 6.07) is 16.5. The quantitative estimate of drug-likeness (QED) is 0.243. The highest BCUT2D eigenvalue weighted by Crippen LogP contribution is 2.38. The van der Waals surface area contributed by atoms with Gasteiger partial charge in [0.1, 0.15) is 17.4 Å². The summed E-state index contributed by atoms with van der Waals surface area (Å²) < 4.78 is 61.8. The van der Waals surface area contributed by atoms with Crippen molar-refractivity contribution in [2.45, 2.75) is 43.5 Å². The number of hydrogen-bond acceptors (Lipinski definition) is 4. The van der Waals surface area contributed by atoms with Gasteiger partial charge in [-0.05, 0) is 93.2 Å². The number of rotatable bonds is 7. The molecule has 5 rings (SSSR count). The van der Waals surface area contributed by atoms with Gasteiger partial charge < -0.3 is 13.7 Å². The maximum absolute atomic E-state index is 14.2. The van der Waals surface area contributed by atoms with E-state index in [2.05, 4.69) is 34.8 Å². The topological polar surface area (TPSA) is 51.5 Å². The molecule has 0 bridgehead atoms. The molecular weight excluding hydrogens is 530 g/mol. The second-order valence-electron chi connectivity index (χ2n) is 9.82. The molecule has 0 spiro atoms. The van der Waals surface area contributed by atoms with Crippen molar-refractivity contribution >= 4 is 33.4 Å². The van der Waals surface area contributed by atoms with Gasteiger partial charge in [-0.3, -0.25) is 0 Å². The number of nitrogens with zero attached hydrogens (tertiary/aromatic N) is 2. The van der Waals surface area contributed by atoms with Crippen LogP contribution in [0.5, 0.6) is 5.75 Å². The summed E-state index contributed by atoms with van der Waals surface area (Å²) in [4.78, 5) is 1.23. The molecule has 202 valence electrons. The van der Waals surface area contributed by atoms with Crippen molar-refractivity contribution < 1.29 is 21.4 Å². The Hall–Kier alpha value is -2.94. The zero-order chi connectivity index (χ0) is 26.2. The highest BCUT2D eigenvalue weighted by atomic mass is 35.5. The van der Waals surface area contributed by atoms with Crippen molar-refractivity contribution in [3.05, 3.63) is 95.2 Å². The average Bonchev–Trinajstić information content (AvgIpc) is 3.22. The first-order chi connectivity index (χ1) is 17.7. The number of aromatic nitrogens is 1. The average molecular weight is 561 g/mol. The van der Waals surface area contributed by atoms with E-state index in [1.165, 1.54) is 5.56 Å². The molecule has 5 nitrogen and oxygen atoms in total. The Kier molecular flexibility index (Phi) is 8.45. The fourth-order valence-corrected chi connectivity index (χ4v) is 6.35. The number of piperidine rings is 1. The van der Waals surface area contributed by atoms with E-state index in [9.17, 15) is 17.2 Å². The lowest BCUT2D eigenvalue weighted by Gasteiger charge is -2.28. The monoisotopic (exact) mass is 560 g/mol. The minimum Gasteiger partial charge on any atom is -0.379 e. The lowest BCUT2D eigenvalue weighted by molar-refractivity contribution is 0.256. The minimum atomic E-state index is -4.71. The third-order valence-corrected chi connectivity index (χ3v) is 8.49. The number of benzene rings is 3. The Balaban J connectivity index is 0.00000336. The second-order valence-corrected chi connectivity index (χ2v) is 11.3. The first-order valence-electron chi connectivity index (χ1n) is 12.5. The Morgan fingerprint density at radius 3 is 2.29 bits per heavy atom. The molecule has 1 aliphatic heterocycles. The van der Waals surface area contributed by atoms with Crippen LogP contribution in [0.2, 0.25) is 0 Å². The van der Waals surface area contributed by atoms with E-state index in [0.29, 0.717) is 5.92 Å². The molecule has 0 radical (unpaired) electrons.